The van der Waals surface area contributed by atoms with E-state index >= 15 is 0 Å². The minimum absolute atomic E-state index is 0.124. The maximum atomic E-state index is 13.1. The predicted molar refractivity (Wildman–Crippen MR) is 108 cm³/mol. The molecule has 3 aromatic rings. The third-order valence-corrected chi connectivity index (χ3v) is 7.17. The highest BCUT2D eigenvalue weighted by Crippen LogP contribution is 2.29. The molecule has 0 spiro atoms. The average molecular weight is 398 g/mol. The Kier molecular flexibility index (Phi) is 4.51. The first kappa shape index (κ1) is 18.7. The third-order valence-electron chi connectivity index (χ3n) is 5.33. The second-order valence-corrected chi connectivity index (χ2v) is 9.15. The Morgan fingerprint density at radius 3 is 2.54 bits per heavy atom. The van der Waals surface area contributed by atoms with Crippen LogP contribution in [-0.2, 0) is 23.0 Å². The van der Waals surface area contributed by atoms with Crippen LogP contribution in [-0.4, -0.2) is 31.4 Å². The largest absolute Gasteiger partial charge is 0.496 e. The first-order chi connectivity index (χ1) is 13.3. The van der Waals surface area contributed by atoms with E-state index in [1.807, 2.05) is 19.1 Å². The fourth-order valence-corrected chi connectivity index (χ4v) is 5.22. The zero-order valence-corrected chi connectivity index (χ0v) is 16.9. The Morgan fingerprint density at radius 1 is 1.04 bits per heavy atom. The van der Waals surface area contributed by atoms with E-state index in [1.54, 1.807) is 32.2 Å². The van der Waals surface area contributed by atoms with Gasteiger partial charge in [0.1, 0.15) is 5.75 Å². The number of rotatable bonds is 3. The van der Waals surface area contributed by atoms with E-state index in [0.717, 1.165) is 27.6 Å². The minimum Gasteiger partial charge on any atom is -0.496 e. The number of nitrogens with zero attached hydrogens (tertiary/aromatic N) is 1. The van der Waals surface area contributed by atoms with Gasteiger partial charge in [0.15, 0.2) is 0 Å². The fourth-order valence-electron chi connectivity index (χ4n) is 3.72. The number of hydrogen-bond donors (Lipinski definition) is 1. The number of pyridine rings is 1. The lowest BCUT2D eigenvalue weighted by atomic mass is 9.98. The molecule has 4 rings (SSSR count). The molecule has 1 N–H and O–H groups in total. The number of benzene rings is 2. The summed E-state index contributed by atoms with van der Waals surface area (Å²) in [4.78, 5) is 15.1. The topological polar surface area (TPSA) is 79.5 Å². The molecule has 146 valence electrons. The van der Waals surface area contributed by atoms with Gasteiger partial charge in [0.25, 0.3) is 5.56 Å². The maximum absolute atomic E-state index is 13.1. The molecule has 2 heterocycles. The van der Waals surface area contributed by atoms with Crippen molar-refractivity contribution < 1.29 is 13.2 Å². The monoisotopic (exact) mass is 398 g/mol. The van der Waals surface area contributed by atoms with Gasteiger partial charge in [0.2, 0.25) is 10.0 Å². The SMILES string of the molecule is COc1ccc(S(=O)(=O)N2CCc3cc4cc(C)c(=O)[nH]c4cc3C2)cc1C. The summed E-state index contributed by atoms with van der Waals surface area (Å²) in [7, 11) is -2.05. The van der Waals surface area contributed by atoms with Crippen molar-refractivity contribution in [3.8, 4) is 5.75 Å². The number of fused-ring (bicyclic) bond motifs is 2. The first-order valence-electron chi connectivity index (χ1n) is 9.10. The highest BCUT2D eigenvalue weighted by atomic mass is 32.2. The van der Waals surface area contributed by atoms with Gasteiger partial charge in [-0.2, -0.15) is 4.31 Å². The van der Waals surface area contributed by atoms with Gasteiger partial charge < -0.3 is 9.72 Å². The van der Waals surface area contributed by atoms with E-state index < -0.39 is 10.0 Å². The molecule has 2 aromatic carbocycles. The minimum atomic E-state index is -3.61. The smallest absolute Gasteiger partial charge is 0.251 e. The molecule has 0 bridgehead atoms. The molecule has 0 amide bonds. The van der Waals surface area contributed by atoms with Crippen molar-refractivity contribution in [3.05, 3.63) is 69.0 Å². The molecule has 28 heavy (non-hydrogen) atoms. The lowest BCUT2D eigenvalue weighted by Gasteiger charge is -2.28. The van der Waals surface area contributed by atoms with Crippen molar-refractivity contribution in [2.45, 2.75) is 31.7 Å². The highest BCUT2D eigenvalue weighted by molar-refractivity contribution is 7.89. The maximum Gasteiger partial charge on any atom is 0.251 e. The lowest BCUT2D eigenvalue weighted by Crippen LogP contribution is -2.36. The van der Waals surface area contributed by atoms with Crippen molar-refractivity contribution in [2.75, 3.05) is 13.7 Å². The fraction of sp³-hybridized carbons (Fsp3) is 0.286. The van der Waals surface area contributed by atoms with Gasteiger partial charge in [-0.1, -0.05) is 0 Å². The van der Waals surface area contributed by atoms with Crippen LogP contribution in [0.1, 0.15) is 22.3 Å². The number of aromatic nitrogens is 1. The number of aryl methyl sites for hydroxylation is 2. The van der Waals surface area contributed by atoms with Gasteiger partial charge in [-0.05, 0) is 78.7 Å². The number of H-pyrrole nitrogens is 1. The standard InChI is InChI=1S/C21H22N2O4S/c1-13-9-18(4-5-20(13)27-3)28(25,26)23-7-6-15-10-16-8-14(2)21(24)22-19(16)11-17(15)12-23/h4-5,8-11H,6-7,12H2,1-3H3,(H,22,24). The number of aromatic amines is 1. The van der Waals surface area contributed by atoms with Crippen LogP contribution in [0.4, 0.5) is 0 Å². The van der Waals surface area contributed by atoms with Crippen LogP contribution >= 0.6 is 0 Å². The molecule has 0 aliphatic carbocycles. The summed E-state index contributed by atoms with van der Waals surface area (Å²) < 4.78 is 33.0. The number of ether oxygens (including phenoxy) is 1. The van der Waals surface area contributed by atoms with Gasteiger partial charge in [-0.25, -0.2) is 8.42 Å². The van der Waals surface area contributed by atoms with E-state index in [0.29, 0.717) is 24.3 Å². The van der Waals surface area contributed by atoms with E-state index in [9.17, 15) is 13.2 Å². The molecule has 1 aliphatic heterocycles. The summed E-state index contributed by atoms with van der Waals surface area (Å²) in [5.41, 5.74) is 4.10. The molecule has 0 radical (unpaired) electrons. The van der Waals surface area contributed by atoms with Crippen molar-refractivity contribution in [2.24, 2.45) is 0 Å². The summed E-state index contributed by atoms with van der Waals surface area (Å²) in [6.07, 6.45) is 0.637. The molecule has 0 atom stereocenters. The van der Waals surface area contributed by atoms with Crippen LogP contribution in [0.3, 0.4) is 0 Å². The summed E-state index contributed by atoms with van der Waals surface area (Å²) in [5.74, 6) is 0.661. The summed E-state index contributed by atoms with van der Waals surface area (Å²) in [6, 6.07) is 10.7. The van der Waals surface area contributed by atoms with Crippen LogP contribution in [0.25, 0.3) is 10.9 Å². The van der Waals surface area contributed by atoms with E-state index in [-0.39, 0.29) is 17.0 Å². The Balaban J connectivity index is 1.71. The van der Waals surface area contributed by atoms with Crippen LogP contribution in [0, 0.1) is 13.8 Å². The Labute approximate surface area is 163 Å². The van der Waals surface area contributed by atoms with Gasteiger partial charge >= 0.3 is 0 Å². The second kappa shape index (κ2) is 6.76. The molecular formula is C21H22N2O4S. The van der Waals surface area contributed by atoms with Gasteiger partial charge in [0.05, 0.1) is 12.0 Å². The summed E-state index contributed by atoms with van der Waals surface area (Å²) in [6.45, 7) is 4.32. The number of hydrogen-bond acceptors (Lipinski definition) is 4. The molecule has 7 heteroatoms. The van der Waals surface area contributed by atoms with Crippen LogP contribution in [0.2, 0.25) is 0 Å². The zero-order valence-electron chi connectivity index (χ0n) is 16.1. The molecule has 6 nitrogen and oxygen atoms in total. The molecule has 0 saturated heterocycles. The zero-order chi connectivity index (χ0) is 20.1. The summed E-state index contributed by atoms with van der Waals surface area (Å²) >= 11 is 0. The van der Waals surface area contributed by atoms with Crippen molar-refractivity contribution in [1.29, 1.82) is 0 Å². The summed E-state index contributed by atoms with van der Waals surface area (Å²) in [5, 5.41) is 0.970. The Morgan fingerprint density at radius 2 is 1.82 bits per heavy atom. The van der Waals surface area contributed by atoms with Gasteiger partial charge in [-0.15, -0.1) is 0 Å². The van der Waals surface area contributed by atoms with Gasteiger partial charge in [0, 0.05) is 24.2 Å². The highest BCUT2D eigenvalue weighted by Gasteiger charge is 2.29. The van der Waals surface area contributed by atoms with Crippen LogP contribution in [0.5, 0.6) is 5.75 Å². The van der Waals surface area contributed by atoms with E-state index in [2.05, 4.69) is 11.1 Å². The number of methoxy groups -OCH3 is 1. The van der Waals surface area contributed by atoms with Crippen molar-refractivity contribution >= 4 is 20.9 Å². The number of nitrogens with one attached hydrogen (secondary N) is 1. The molecule has 0 unspecified atom stereocenters. The molecule has 0 saturated carbocycles. The average Bonchev–Trinajstić information content (AvgIpc) is 2.67. The van der Waals surface area contributed by atoms with Crippen molar-refractivity contribution in [3.63, 3.8) is 0 Å². The van der Waals surface area contributed by atoms with E-state index in [4.69, 9.17) is 4.74 Å². The molecule has 1 aromatic heterocycles. The van der Waals surface area contributed by atoms with Crippen LogP contribution in [0.15, 0.2) is 46.1 Å². The lowest BCUT2D eigenvalue weighted by molar-refractivity contribution is 0.391. The van der Waals surface area contributed by atoms with Crippen molar-refractivity contribution in [1.82, 2.24) is 9.29 Å². The molecule has 0 fully saturated rings. The normalized spacial score (nSPS) is 14.8. The molecule has 1 aliphatic rings. The second-order valence-electron chi connectivity index (χ2n) is 7.21. The Hall–Kier alpha value is -2.64. The first-order valence-corrected chi connectivity index (χ1v) is 10.5. The van der Waals surface area contributed by atoms with Gasteiger partial charge in [-0.3, -0.25) is 4.79 Å². The third kappa shape index (κ3) is 3.10. The quantitative estimate of drug-likeness (QED) is 0.736. The Bertz CT molecular complexity index is 1250. The van der Waals surface area contributed by atoms with Crippen LogP contribution < -0.4 is 10.3 Å². The van der Waals surface area contributed by atoms with E-state index in [1.165, 1.54) is 4.31 Å². The number of sulfonamides is 1. The predicted octanol–water partition coefficient (Wildman–Crippen LogP) is 2.90. The molecular weight excluding hydrogens is 376 g/mol.